The van der Waals surface area contributed by atoms with Crippen LogP contribution in [-0.2, 0) is 0 Å². The minimum absolute atomic E-state index is 0.00218. The fourth-order valence-corrected chi connectivity index (χ4v) is 5.48. The quantitative estimate of drug-likeness (QED) is 0.271. The molecule has 0 saturated carbocycles. The van der Waals surface area contributed by atoms with Crippen LogP contribution in [0.4, 0.5) is 0 Å². The van der Waals surface area contributed by atoms with Gasteiger partial charge in [-0.15, -0.1) is 0 Å². The third-order valence-corrected chi connectivity index (χ3v) is 21.0. The number of hydrogen-bond donors (Lipinski definition) is 0. The van der Waals surface area contributed by atoms with E-state index in [1.165, 1.54) is 0 Å². The molecule has 0 atom stereocenters. The largest absolute Gasteiger partial charge is 0.543 e. The summed E-state index contributed by atoms with van der Waals surface area (Å²) in [5, 5.41) is 0.0444. The topological polar surface area (TPSA) is 44.8 Å². The first-order chi connectivity index (χ1) is 14.3. The first-order valence-electron chi connectivity index (χ1n) is 12.1. The van der Waals surface area contributed by atoms with Crippen LogP contribution in [0.25, 0.3) is 0 Å². The lowest BCUT2D eigenvalue weighted by Gasteiger charge is -2.40. The Labute approximate surface area is 207 Å². The van der Waals surface area contributed by atoms with E-state index in [0.717, 1.165) is 5.75 Å². The number of rotatable bonds is 7. The van der Waals surface area contributed by atoms with E-state index in [0.29, 0.717) is 17.1 Å². The molecule has 4 nitrogen and oxygen atoms in total. The Morgan fingerprint density at radius 2 is 0.879 bits per heavy atom. The molecule has 0 saturated heterocycles. The van der Waals surface area contributed by atoms with Crippen molar-refractivity contribution in [3.63, 3.8) is 0 Å². The minimum Gasteiger partial charge on any atom is -0.543 e. The molecule has 0 aliphatic rings. The van der Waals surface area contributed by atoms with Gasteiger partial charge in [-0.05, 0) is 61.3 Å². The van der Waals surface area contributed by atoms with Crippen LogP contribution >= 0.6 is 0 Å². The molecule has 0 N–H and O–H groups in total. The van der Waals surface area contributed by atoms with E-state index >= 15 is 0 Å². The molecule has 0 fully saturated rings. The van der Waals surface area contributed by atoms with Crippen molar-refractivity contribution in [2.24, 2.45) is 0 Å². The number of benzene rings is 1. The number of carbonyl (C=O) groups is 1. The van der Waals surface area contributed by atoms with Gasteiger partial charge in [0.1, 0.15) is 17.2 Å². The van der Waals surface area contributed by atoms with Crippen molar-refractivity contribution >= 4 is 30.7 Å². The fourth-order valence-electron chi connectivity index (χ4n) is 2.44. The Kier molecular flexibility index (Phi) is 8.35. The molecule has 33 heavy (non-hydrogen) atoms. The smallest absolute Gasteiger partial charge is 0.250 e. The maximum atomic E-state index is 13.0. The molecule has 0 aliphatic heterocycles. The summed E-state index contributed by atoms with van der Waals surface area (Å²) in [6.45, 7) is 34.8. The van der Waals surface area contributed by atoms with E-state index in [2.05, 4.69) is 102 Å². The Hall–Kier alpha value is -1.06. The summed E-state index contributed by atoms with van der Waals surface area (Å²) >= 11 is 0. The van der Waals surface area contributed by atoms with Crippen LogP contribution < -0.4 is 13.3 Å². The zero-order valence-corrected chi connectivity index (χ0v) is 27.3. The molecule has 7 heteroatoms. The lowest BCUT2D eigenvalue weighted by atomic mass is 10.1. The third kappa shape index (κ3) is 6.98. The monoisotopic (exact) mass is 510 g/mol. The Bertz CT molecular complexity index is 818. The minimum atomic E-state index is -2.20. The SMILES string of the molecule is CC(=O)c1c(O[Si](C)(C)C(C)(C)C)cc(O[Si](C)(C)C(C)(C)C)cc1O[Si](C)(C)C(C)(C)C. The van der Waals surface area contributed by atoms with Gasteiger partial charge in [-0.1, -0.05) is 62.3 Å². The molecule has 0 bridgehead atoms. The van der Waals surface area contributed by atoms with Crippen LogP contribution in [0.15, 0.2) is 12.1 Å². The second-order valence-electron chi connectivity index (χ2n) is 13.9. The normalized spacial score (nSPS) is 14.2. The van der Waals surface area contributed by atoms with Gasteiger partial charge in [-0.25, -0.2) is 0 Å². The first kappa shape index (κ1) is 30.0. The summed E-state index contributed by atoms with van der Waals surface area (Å²) in [5.74, 6) is 1.88. The van der Waals surface area contributed by atoms with Gasteiger partial charge in [0, 0.05) is 12.1 Å². The van der Waals surface area contributed by atoms with E-state index in [-0.39, 0.29) is 20.9 Å². The van der Waals surface area contributed by atoms with Crippen molar-refractivity contribution in [1.29, 1.82) is 0 Å². The van der Waals surface area contributed by atoms with Crippen molar-refractivity contribution in [3.8, 4) is 17.2 Å². The van der Waals surface area contributed by atoms with Crippen molar-refractivity contribution in [3.05, 3.63) is 17.7 Å². The predicted octanol–water partition coefficient (Wildman–Crippen LogP) is 9.04. The Balaban J connectivity index is 3.82. The molecular formula is C26H50O4Si3. The predicted molar refractivity (Wildman–Crippen MR) is 150 cm³/mol. The van der Waals surface area contributed by atoms with E-state index in [9.17, 15) is 4.79 Å². The molecular weight excluding hydrogens is 461 g/mol. The van der Waals surface area contributed by atoms with E-state index in [4.69, 9.17) is 13.3 Å². The molecule has 0 heterocycles. The van der Waals surface area contributed by atoms with Crippen molar-refractivity contribution in [2.45, 2.75) is 124 Å². The lowest BCUT2D eigenvalue weighted by molar-refractivity contribution is 0.101. The number of carbonyl (C=O) groups excluding carboxylic acids is 1. The maximum Gasteiger partial charge on any atom is 0.250 e. The highest BCUT2D eigenvalue weighted by Crippen LogP contribution is 2.46. The van der Waals surface area contributed by atoms with Gasteiger partial charge in [-0.2, -0.15) is 0 Å². The second kappa shape index (κ2) is 9.19. The first-order valence-corrected chi connectivity index (χ1v) is 20.8. The van der Waals surface area contributed by atoms with Gasteiger partial charge in [0.05, 0.1) is 5.56 Å². The van der Waals surface area contributed by atoms with Crippen LogP contribution in [0.3, 0.4) is 0 Å². The Morgan fingerprint density at radius 1 is 0.606 bits per heavy atom. The molecule has 1 aromatic carbocycles. The second-order valence-corrected chi connectivity index (χ2v) is 28.1. The van der Waals surface area contributed by atoms with Crippen LogP contribution in [0.2, 0.25) is 54.4 Å². The van der Waals surface area contributed by atoms with Gasteiger partial charge in [-0.3, -0.25) is 4.79 Å². The molecule has 0 radical (unpaired) electrons. The average Bonchev–Trinajstić information content (AvgIpc) is 2.49. The average molecular weight is 511 g/mol. The zero-order valence-electron chi connectivity index (χ0n) is 24.3. The maximum absolute atomic E-state index is 13.0. The van der Waals surface area contributed by atoms with Gasteiger partial charge in [0.25, 0.3) is 16.6 Å². The molecule has 1 rings (SSSR count). The molecule has 0 spiro atoms. The summed E-state index contributed by atoms with van der Waals surface area (Å²) in [6, 6.07) is 3.85. The van der Waals surface area contributed by atoms with Crippen LogP contribution in [0.1, 0.15) is 79.6 Å². The standard InChI is InChI=1S/C26H50O4Si3/c1-19(27)23-21(29-32(13,14)25(5,6)7)17-20(28-31(11,12)24(2,3)4)18-22(23)30-33(15,16)26(8,9)10/h17-18H,1-16H3. The fraction of sp³-hybridized carbons (Fsp3) is 0.731. The van der Waals surface area contributed by atoms with E-state index < -0.39 is 25.0 Å². The molecule has 0 unspecified atom stereocenters. The van der Waals surface area contributed by atoms with E-state index in [1.807, 2.05) is 12.1 Å². The Morgan fingerprint density at radius 3 is 1.12 bits per heavy atom. The lowest BCUT2D eigenvalue weighted by Crippen LogP contribution is -2.45. The zero-order chi connectivity index (χ0) is 26.4. The van der Waals surface area contributed by atoms with Crippen molar-refractivity contribution in [1.82, 2.24) is 0 Å². The molecule has 190 valence electrons. The van der Waals surface area contributed by atoms with Gasteiger partial charge in [0.15, 0.2) is 5.78 Å². The highest BCUT2D eigenvalue weighted by atomic mass is 28.4. The van der Waals surface area contributed by atoms with Crippen LogP contribution in [-0.4, -0.2) is 30.7 Å². The van der Waals surface area contributed by atoms with Gasteiger partial charge in [0.2, 0.25) is 8.32 Å². The molecule has 0 aromatic heterocycles. The van der Waals surface area contributed by atoms with Crippen LogP contribution in [0, 0.1) is 0 Å². The summed E-state index contributed by atoms with van der Waals surface area (Å²) in [7, 11) is -6.50. The summed E-state index contributed by atoms with van der Waals surface area (Å²) in [4.78, 5) is 13.0. The number of hydrogen-bond acceptors (Lipinski definition) is 4. The highest BCUT2D eigenvalue weighted by molar-refractivity contribution is 6.75. The van der Waals surface area contributed by atoms with Crippen molar-refractivity contribution in [2.75, 3.05) is 0 Å². The third-order valence-electron chi connectivity index (χ3n) is 7.91. The number of ketones is 1. The summed E-state index contributed by atoms with van der Waals surface area (Å²) < 4.78 is 20.1. The van der Waals surface area contributed by atoms with E-state index in [1.54, 1.807) is 6.92 Å². The summed E-state index contributed by atoms with van der Waals surface area (Å²) in [6.07, 6.45) is 0. The van der Waals surface area contributed by atoms with Crippen LogP contribution in [0.5, 0.6) is 17.2 Å². The molecule has 0 aliphatic carbocycles. The number of Topliss-reactive ketones (excluding diaryl/α,β-unsaturated/α-hetero) is 1. The summed E-state index contributed by atoms with van der Waals surface area (Å²) in [5.41, 5.74) is 0.534. The van der Waals surface area contributed by atoms with Gasteiger partial charge >= 0.3 is 0 Å². The van der Waals surface area contributed by atoms with Gasteiger partial charge < -0.3 is 13.3 Å². The highest BCUT2D eigenvalue weighted by Gasteiger charge is 2.43. The molecule has 0 amide bonds. The molecule has 1 aromatic rings. The van der Waals surface area contributed by atoms with Crippen molar-refractivity contribution < 1.29 is 18.1 Å².